The largest absolute Gasteiger partial charge is 0.414 e. The molecule has 4 rings (SSSR count). The molecule has 32 heavy (non-hydrogen) atoms. The van der Waals surface area contributed by atoms with Crippen molar-refractivity contribution >= 4 is 0 Å². The highest BCUT2D eigenvalue weighted by Gasteiger charge is 2.59. The molecule has 2 nitrogen and oxygen atoms in total. The Balaban J connectivity index is 1.43. The summed E-state index contributed by atoms with van der Waals surface area (Å²) in [6.07, 6.45) is 5.62. The molecule has 2 N–H and O–H groups in total. The second-order valence-corrected chi connectivity index (χ2v) is 12.6. The van der Waals surface area contributed by atoms with Gasteiger partial charge < -0.3 is 10.2 Å². The summed E-state index contributed by atoms with van der Waals surface area (Å²) < 4.78 is 37.9. The van der Waals surface area contributed by atoms with E-state index in [2.05, 4.69) is 26.8 Å². The maximum absolute atomic E-state index is 12.6. The van der Waals surface area contributed by atoms with Crippen LogP contribution in [0.2, 0.25) is 0 Å². The lowest BCUT2D eigenvalue weighted by atomic mass is 9.46. The summed E-state index contributed by atoms with van der Waals surface area (Å²) in [5.74, 6) is 3.08. The van der Waals surface area contributed by atoms with Gasteiger partial charge in [-0.15, -0.1) is 0 Å². The number of hydrogen-bond donors (Lipinski definition) is 2. The Morgan fingerprint density at radius 2 is 1.75 bits per heavy atom. The van der Waals surface area contributed by atoms with Gasteiger partial charge in [0.15, 0.2) is 0 Å². The van der Waals surface area contributed by atoms with Crippen molar-refractivity contribution in [3.05, 3.63) is 11.6 Å². The van der Waals surface area contributed by atoms with Gasteiger partial charge in [-0.25, -0.2) is 0 Å². The normalized spacial score (nSPS) is 46.0. The van der Waals surface area contributed by atoms with E-state index < -0.39 is 17.9 Å². The van der Waals surface area contributed by atoms with E-state index in [1.807, 2.05) is 6.92 Å². The summed E-state index contributed by atoms with van der Waals surface area (Å²) in [4.78, 5) is 0. The van der Waals surface area contributed by atoms with Gasteiger partial charge in [0.1, 0.15) is 6.10 Å². The van der Waals surface area contributed by atoms with Crippen molar-refractivity contribution < 1.29 is 23.4 Å². The van der Waals surface area contributed by atoms with Gasteiger partial charge in [-0.05, 0) is 105 Å². The first-order valence-corrected chi connectivity index (χ1v) is 12.9. The molecule has 0 radical (unpaired) electrons. The van der Waals surface area contributed by atoms with Crippen LogP contribution in [0.4, 0.5) is 13.2 Å². The number of fused-ring (bicyclic) bond motifs is 5. The molecule has 0 aromatic heterocycles. The van der Waals surface area contributed by atoms with E-state index >= 15 is 0 Å². The van der Waals surface area contributed by atoms with E-state index in [-0.39, 0.29) is 17.3 Å². The fourth-order valence-corrected chi connectivity index (χ4v) is 8.78. The fourth-order valence-electron chi connectivity index (χ4n) is 8.78. The van der Waals surface area contributed by atoms with E-state index in [0.29, 0.717) is 36.0 Å². The van der Waals surface area contributed by atoms with Crippen LogP contribution < -0.4 is 0 Å². The average molecular weight is 457 g/mol. The first kappa shape index (κ1) is 24.6. The summed E-state index contributed by atoms with van der Waals surface area (Å²) in [5.41, 5.74) is 1.44. The number of aliphatic hydroxyl groups is 2. The zero-order valence-electron chi connectivity index (χ0n) is 20.3. The minimum absolute atomic E-state index is 0.179. The molecule has 0 aromatic carbocycles. The number of allylic oxidation sites excluding steroid dienone is 1. The van der Waals surface area contributed by atoms with Gasteiger partial charge in [0.25, 0.3) is 0 Å². The Morgan fingerprint density at radius 1 is 1.03 bits per heavy atom. The van der Waals surface area contributed by atoms with Crippen LogP contribution in [0.25, 0.3) is 0 Å². The third kappa shape index (κ3) is 4.19. The first-order valence-electron chi connectivity index (χ1n) is 12.9. The van der Waals surface area contributed by atoms with Crippen LogP contribution in [0.15, 0.2) is 11.6 Å². The van der Waals surface area contributed by atoms with Crippen molar-refractivity contribution in [1.82, 2.24) is 0 Å². The van der Waals surface area contributed by atoms with Crippen molar-refractivity contribution in [2.75, 3.05) is 0 Å². The van der Waals surface area contributed by atoms with E-state index in [1.54, 1.807) is 0 Å². The topological polar surface area (TPSA) is 40.5 Å². The lowest BCUT2D eigenvalue weighted by molar-refractivity contribution is -0.205. The predicted octanol–water partition coefficient (Wildman–Crippen LogP) is 7.05. The Labute approximate surface area is 192 Å². The molecule has 4 aliphatic carbocycles. The van der Waals surface area contributed by atoms with E-state index in [9.17, 15) is 23.4 Å². The van der Waals surface area contributed by atoms with Crippen molar-refractivity contribution in [2.45, 2.75) is 116 Å². The van der Waals surface area contributed by atoms with Gasteiger partial charge in [0.05, 0.1) is 5.60 Å². The third-order valence-electron chi connectivity index (χ3n) is 10.7. The Morgan fingerprint density at radius 3 is 2.44 bits per heavy atom. The van der Waals surface area contributed by atoms with Gasteiger partial charge in [0, 0.05) is 0 Å². The van der Waals surface area contributed by atoms with Gasteiger partial charge >= 0.3 is 6.18 Å². The molecule has 0 amide bonds. The number of alkyl halides is 3. The van der Waals surface area contributed by atoms with Crippen LogP contribution in [0.3, 0.4) is 0 Å². The molecule has 0 bridgehead atoms. The van der Waals surface area contributed by atoms with Gasteiger partial charge in [-0.3, -0.25) is 0 Å². The molecular formula is C27H43F3O2. The van der Waals surface area contributed by atoms with Gasteiger partial charge in [-0.1, -0.05) is 45.3 Å². The summed E-state index contributed by atoms with van der Waals surface area (Å²) in [5, 5.41) is 20.0. The SMILES string of the molecule is C[C@H](CCC[C@H](O)C(F)(F)F)[C@H]1CC[C@H]2[C@@H]3CC=C4C[C@@](C)(O)CC[C@]4(C)[C@H]3CC[C@]12C. The summed E-state index contributed by atoms with van der Waals surface area (Å²) in [7, 11) is 0. The fraction of sp³-hybridized carbons (Fsp3) is 0.926. The minimum Gasteiger partial charge on any atom is -0.390 e. The van der Waals surface area contributed by atoms with Crippen LogP contribution in [-0.2, 0) is 0 Å². The van der Waals surface area contributed by atoms with Crippen molar-refractivity contribution in [3.63, 3.8) is 0 Å². The van der Waals surface area contributed by atoms with E-state index in [0.717, 1.165) is 32.1 Å². The molecule has 9 atom stereocenters. The Kier molecular flexibility index (Phi) is 6.36. The quantitative estimate of drug-likeness (QED) is 0.435. The number of hydrogen-bond acceptors (Lipinski definition) is 2. The average Bonchev–Trinajstić information content (AvgIpc) is 3.05. The van der Waals surface area contributed by atoms with Crippen LogP contribution in [0, 0.1) is 40.4 Å². The first-order chi connectivity index (χ1) is 14.8. The maximum Gasteiger partial charge on any atom is 0.414 e. The molecule has 184 valence electrons. The van der Waals surface area contributed by atoms with Crippen molar-refractivity contribution in [2.24, 2.45) is 40.4 Å². The smallest absolute Gasteiger partial charge is 0.390 e. The van der Waals surface area contributed by atoms with Crippen molar-refractivity contribution in [1.29, 1.82) is 0 Å². The predicted molar refractivity (Wildman–Crippen MR) is 121 cm³/mol. The molecule has 0 unspecified atom stereocenters. The Hall–Kier alpha value is -0.550. The van der Waals surface area contributed by atoms with Crippen LogP contribution >= 0.6 is 0 Å². The zero-order valence-corrected chi connectivity index (χ0v) is 20.3. The third-order valence-corrected chi connectivity index (χ3v) is 10.7. The van der Waals surface area contributed by atoms with Gasteiger partial charge in [0.2, 0.25) is 0 Å². The highest BCUT2D eigenvalue weighted by Crippen LogP contribution is 2.67. The second-order valence-electron chi connectivity index (χ2n) is 12.6. The lowest BCUT2D eigenvalue weighted by Crippen LogP contribution is -2.52. The highest BCUT2D eigenvalue weighted by atomic mass is 19.4. The molecule has 0 aromatic rings. The molecular weight excluding hydrogens is 413 g/mol. The molecule has 3 saturated carbocycles. The summed E-state index contributed by atoms with van der Waals surface area (Å²) in [6.45, 7) is 9.14. The molecule has 3 fully saturated rings. The summed E-state index contributed by atoms with van der Waals surface area (Å²) >= 11 is 0. The van der Waals surface area contributed by atoms with Crippen LogP contribution in [0.1, 0.15) is 98.3 Å². The molecule has 0 aliphatic heterocycles. The standard InChI is InChI=1S/C27H43F3O2/c1-17(6-5-7-23(31)27(28,29)30)20-10-11-21-19-9-8-18-16-24(2,32)14-15-25(18,3)22(19)12-13-26(20,21)4/h8,17,19-23,31-32H,5-7,9-16H2,1-4H3/t17-,19+,20-,21+,22+,23+,24+,25+,26-/m1/s1. The second kappa shape index (κ2) is 8.29. The van der Waals surface area contributed by atoms with Crippen molar-refractivity contribution in [3.8, 4) is 0 Å². The minimum atomic E-state index is -4.50. The zero-order chi connectivity index (χ0) is 23.5. The lowest BCUT2D eigenvalue weighted by Gasteiger charge is -2.59. The summed E-state index contributed by atoms with van der Waals surface area (Å²) in [6, 6.07) is 0. The molecule has 0 heterocycles. The van der Waals surface area contributed by atoms with E-state index in [4.69, 9.17) is 0 Å². The number of aliphatic hydroxyl groups excluding tert-OH is 1. The number of halogens is 3. The van der Waals surface area contributed by atoms with Crippen LogP contribution in [0.5, 0.6) is 0 Å². The monoisotopic (exact) mass is 456 g/mol. The van der Waals surface area contributed by atoms with E-state index in [1.165, 1.54) is 31.3 Å². The molecule has 5 heteroatoms. The Bertz CT molecular complexity index is 729. The molecule has 4 aliphatic rings. The highest BCUT2D eigenvalue weighted by molar-refractivity contribution is 5.26. The molecule has 0 saturated heterocycles. The van der Waals surface area contributed by atoms with Crippen LogP contribution in [-0.4, -0.2) is 28.1 Å². The van der Waals surface area contributed by atoms with Gasteiger partial charge in [-0.2, -0.15) is 13.2 Å². The maximum atomic E-state index is 12.6. The number of rotatable bonds is 5. The molecule has 0 spiro atoms.